The van der Waals surface area contributed by atoms with E-state index in [1.807, 2.05) is 4.72 Å². The van der Waals surface area contributed by atoms with Crippen LogP contribution in [-0.2, 0) is 25.7 Å². The number of carbonyl (C=O) groups is 1. The van der Waals surface area contributed by atoms with E-state index in [-0.39, 0.29) is 0 Å². The summed E-state index contributed by atoms with van der Waals surface area (Å²) >= 11 is 0. The van der Waals surface area contributed by atoms with Crippen LogP contribution in [0.1, 0.15) is 5.56 Å². The van der Waals surface area contributed by atoms with E-state index in [4.69, 9.17) is 5.11 Å². The molecular weight excluding hydrogens is 315 g/mol. The Morgan fingerprint density at radius 2 is 2.05 bits per heavy atom. The van der Waals surface area contributed by atoms with E-state index in [1.165, 1.54) is 0 Å². The van der Waals surface area contributed by atoms with Crippen LogP contribution in [0.15, 0.2) is 29.2 Å². The average molecular weight is 327 g/mol. The quantitative estimate of drug-likeness (QED) is 0.816. The minimum atomic E-state index is -4.68. The molecule has 0 fully saturated rings. The van der Waals surface area contributed by atoms with Crippen LogP contribution in [0.25, 0.3) is 0 Å². The second-order valence-electron chi connectivity index (χ2n) is 3.94. The van der Waals surface area contributed by atoms with Gasteiger partial charge in [0, 0.05) is 13.7 Å². The monoisotopic (exact) mass is 327 g/mol. The van der Waals surface area contributed by atoms with E-state index >= 15 is 0 Å². The highest BCUT2D eigenvalue weighted by Gasteiger charge is 2.31. The van der Waals surface area contributed by atoms with Gasteiger partial charge in [-0.25, -0.2) is 17.9 Å². The maximum atomic E-state index is 12.5. The van der Waals surface area contributed by atoms with Crippen LogP contribution in [0.4, 0.5) is 13.2 Å². The molecular formula is C11H12F3NO5S. The normalized spacial score (nSPS) is 13.9. The van der Waals surface area contributed by atoms with Gasteiger partial charge in [0.05, 0.1) is 10.5 Å². The summed E-state index contributed by atoms with van der Waals surface area (Å²) in [6.45, 7) is -0.607. The molecule has 0 saturated heterocycles. The molecule has 0 heterocycles. The third-order valence-electron chi connectivity index (χ3n) is 2.49. The Morgan fingerprint density at radius 3 is 2.52 bits per heavy atom. The molecule has 0 spiro atoms. The number of sulfonamides is 1. The Morgan fingerprint density at radius 1 is 1.43 bits per heavy atom. The Labute approximate surface area is 118 Å². The van der Waals surface area contributed by atoms with Gasteiger partial charge in [-0.2, -0.15) is 13.2 Å². The third-order valence-corrected chi connectivity index (χ3v) is 3.91. The van der Waals surface area contributed by atoms with E-state index in [1.54, 1.807) is 0 Å². The molecule has 0 aliphatic heterocycles. The summed E-state index contributed by atoms with van der Waals surface area (Å²) in [6, 6.07) is 3.11. The van der Waals surface area contributed by atoms with E-state index in [0.29, 0.717) is 6.07 Å². The number of carboxylic acid groups (broad SMARTS) is 1. The number of rotatable bonds is 6. The summed E-state index contributed by atoms with van der Waals surface area (Å²) in [5.74, 6) is -1.40. The number of hydrogen-bond acceptors (Lipinski definition) is 4. The van der Waals surface area contributed by atoms with Crippen molar-refractivity contribution >= 4 is 16.0 Å². The summed E-state index contributed by atoms with van der Waals surface area (Å²) in [5, 5.41) is 8.68. The number of benzene rings is 1. The van der Waals surface area contributed by atoms with E-state index in [9.17, 15) is 26.4 Å². The van der Waals surface area contributed by atoms with Gasteiger partial charge < -0.3 is 9.84 Å². The number of alkyl halides is 3. The highest BCUT2D eigenvalue weighted by Crippen LogP contribution is 2.30. The molecule has 1 unspecified atom stereocenters. The maximum absolute atomic E-state index is 12.5. The van der Waals surface area contributed by atoms with Crippen molar-refractivity contribution in [1.82, 2.24) is 4.72 Å². The first-order chi connectivity index (χ1) is 9.58. The Hall–Kier alpha value is -1.65. The lowest BCUT2D eigenvalue weighted by Crippen LogP contribution is -2.37. The molecule has 0 aromatic heterocycles. The Bertz CT molecular complexity index is 615. The zero-order chi connectivity index (χ0) is 16.3. The lowest BCUT2D eigenvalue weighted by molar-refractivity contribution is -0.147. The molecule has 0 radical (unpaired) electrons. The predicted octanol–water partition coefficient (Wildman–Crippen LogP) is 1.08. The second kappa shape index (κ2) is 6.41. The van der Waals surface area contributed by atoms with Gasteiger partial charge in [0.2, 0.25) is 10.0 Å². The van der Waals surface area contributed by atoms with Gasteiger partial charge in [-0.3, -0.25) is 0 Å². The smallest absolute Gasteiger partial charge is 0.416 e. The largest absolute Gasteiger partial charge is 0.479 e. The molecule has 1 rings (SSSR count). The van der Waals surface area contributed by atoms with Crippen LogP contribution in [0, 0.1) is 0 Å². The maximum Gasteiger partial charge on any atom is 0.416 e. The van der Waals surface area contributed by atoms with Crippen molar-refractivity contribution in [2.75, 3.05) is 13.7 Å². The summed E-state index contributed by atoms with van der Waals surface area (Å²) in [4.78, 5) is 10.0. The molecule has 1 aromatic carbocycles. The predicted molar refractivity (Wildman–Crippen MR) is 65.1 cm³/mol. The first kappa shape index (κ1) is 17.4. The van der Waals surface area contributed by atoms with Gasteiger partial charge >= 0.3 is 12.1 Å². The average Bonchev–Trinajstić information content (AvgIpc) is 2.38. The number of methoxy groups -OCH3 is 1. The molecule has 118 valence electrons. The standard InChI is InChI=1S/C11H12F3NO5S/c1-20-9(10(16)17)6-15-21(18,19)8-4-2-3-7(5-8)11(12,13)14/h2-5,9,15H,6H2,1H3,(H,16,17). The lowest BCUT2D eigenvalue weighted by atomic mass is 10.2. The highest BCUT2D eigenvalue weighted by atomic mass is 32.2. The minimum Gasteiger partial charge on any atom is -0.479 e. The van der Waals surface area contributed by atoms with E-state index in [2.05, 4.69) is 4.74 Å². The van der Waals surface area contributed by atoms with E-state index in [0.717, 1.165) is 25.3 Å². The van der Waals surface area contributed by atoms with Gasteiger partial charge in [0.1, 0.15) is 0 Å². The second-order valence-corrected chi connectivity index (χ2v) is 5.71. The molecule has 6 nitrogen and oxygen atoms in total. The number of nitrogens with one attached hydrogen (secondary N) is 1. The number of aliphatic carboxylic acids is 1. The molecule has 0 aliphatic rings. The van der Waals surface area contributed by atoms with Crippen molar-refractivity contribution in [3.63, 3.8) is 0 Å². The first-order valence-corrected chi connectivity index (χ1v) is 6.99. The van der Waals surface area contributed by atoms with Gasteiger partial charge in [-0.1, -0.05) is 6.07 Å². The third kappa shape index (κ3) is 4.69. The molecule has 0 bridgehead atoms. The molecule has 2 N–H and O–H groups in total. The number of ether oxygens (including phenoxy) is 1. The zero-order valence-corrected chi connectivity index (χ0v) is 11.5. The molecule has 1 aromatic rings. The van der Waals surface area contributed by atoms with Crippen LogP contribution in [-0.4, -0.2) is 39.3 Å². The summed E-state index contributed by atoms with van der Waals surface area (Å²) < 4.78 is 67.6. The molecule has 21 heavy (non-hydrogen) atoms. The lowest BCUT2D eigenvalue weighted by Gasteiger charge is -2.13. The summed E-state index contributed by atoms with van der Waals surface area (Å²) in [5.41, 5.74) is -1.12. The van der Waals surface area contributed by atoms with Crippen molar-refractivity contribution in [1.29, 1.82) is 0 Å². The van der Waals surface area contributed by atoms with Crippen LogP contribution < -0.4 is 4.72 Å². The Balaban J connectivity index is 2.96. The van der Waals surface area contributed by atoms with Crippen molar-refractivity contribution in [3.05, 3.63) is 29.8 Å². The fourth-order valence-corrected chi connectivity index (χ4v) is 2.46. The van der Waals surface area contributed by atoms with Crippen LogP contribution in [0.2, 0.25) is 0 Å². The molecule has 1 atom stereocenters. The number of carboxylic acids is 1. The fraction of sp³-hybridized carbons (Fsp3) is 0.364. The zero-order valence-electron chi connectivity index (χ0n) is 10.7. The van der Waals surface area contributed by atoms with Crippen molar-refractivity contribution in [3.8, 4) is 0 Å². The number of halogens is 3. The molecule has 0 amide bonds. The number of hydrogen-bond donors (Lipinski definition) is 2. The van der Waals surface area contributed by atoms with Crippen molar-refractivity contribution in [2.24, 2.45) is 0 Å². The van der Waals surface area contributed by atoms with Gasteiger partial charge in [-0.15, -0.1) is 0 Å². The molecule has 0 aliphatic carbocycles. The Kier molecular flexibility index (Phi) is 5.31. The van der Waals surface area contributed by atoms with Crippen molar-refractivity contribution < 1.29 is 36.2 Å². The van der Waals surface area contributed by atoms with E-state index < -0.39 is 45.3 Å². The molecule has 0 saturated carbocycles. The van der Waals surface area contributed by atoms with Crippen LogP contribution in [0.3, 0.4) is 0 Å². The summed E-state index contributed by atoms with van der Waals surface area (Å²) in [7, 11) is -3.21. The van der Waals surface area contributed by atoms with Gasteiger partial charge in [-0.05, 0) is 18.2 Å². The van der Waals surface area contributed by atoms with Crippen molar-refractivity contribution in [2.45, 2.75) is 17.2 Å². The highest BCUT2D eigenvalue weighted by molar-refractivity contribution is 7.89. The first-order valence-electron chi connectivity index (χ1n) is 5.50. The molecule has 10 heteroatoms. The summed E-state index contributed by atoms with van der Waals surface area (Å²) in [6.07, 6.45) is -6.12. The van der Waals surface area contributed by atoms with Gasteiger partial charge in [0.25, 0.3) is 0 Å². The van der Waals surface area contributed by atoms with Crippen LogP contribution in [0.5, 0.6) is 0 Å². The van der Waals surface area contributed by atoms with Gasteiger partial charge in [0.15, 0.2) is 6.10 Å². The van der Waals surface area contributed by atoms with Crippen LogP contribution >= 0.6 is 0 Å². The topological polar surface area (TPSA) is 92.7 Å². The fourth-order valence-electron chi connectivity index (χ4n) is 1.38. The SMILES string of the molecule is COC(CNS(=O)(=O)c1cccc(C(F)(F)F)c1)C(=O)O. The minimum absolute atomic E-state index is 0.463.